The van der Waals surface area contributed by atoms with E-state index >= 15 is 0 Å². The number of benzene rings is 2. The Morgan fingerprint density at radius 3 is 2.29 bits per heavy atom. The number of carbonyl (C=O) groups excluding carboxylic acids is 1. The zero-order chi connectivity index (χ0) is 24.1. The fraction of sp³-hybridized carbons (Fsp3) is 0.222. The molecule has 0 fully saturated rings. The first-order valence-corrected chi connectivity index (χ1v) is 11.0. The van der Waals surface area contributed by atoms with Gasteiger partial charge in [0.05, 0.1) is 12.8 Å². The van der Waals surface area contributed by atoms with Crippen LogP contribution in [0.5, 0.6) is 11.5 Å². The Morgan fingerprint density at radius 2 is 1.68 bits per heavy atom. The molecule has 0 bridgehead atoms. The molecule has 2 aromatic carbocycles. The van der Waals surface area contributed by atoms with E-state index in [0.717, 1.165) is 11.3 Å². The second-order valence-electron chi connectivity index (χ2n) is 8.85. The summed E-state index contributed by atoms with van der Waals surface area (Å²) >= 11 is 0. The lowest BCUT2D eigenvalue weighted by Crippen LogP contribution is -2.22. The molecule has 0 aliphatic heterocycles. The van der Waals surface area contributed by atoms with Crippen LogP contribution in [0.25, 0.3) is 17.1 Å². The lowest BCUT2D eigenvalue weighted by Gasteiger charge is -2.19. The van der Waals surface area contributed by atoms with Crippen molar-refractivity contribution in [3.05, 3.63) is 84.6 Å². The molecular weight excluding hydrogens is 428 g/mol. The van der Waals surface area contributed by atoms with Gasteiger partial charge < -0.3 is 14.8 Å². The molecule has 174 valence electrons. The van der Waals surface area contributed by atoms with Crippen molar-refractivity contribution in [1.29, 1.82) is 0 Å². The Balaban J connectivity index is 1.51. The van der Waals surface area contributed by atoms with Crippen molar-refractivity contribution in [3.63, 3.8) is 0 Å². The third-order valence-corrected chi connectivity index (χ3v) is 5.32. The van der Waals surface area contributed by atoms with E-state index in [0.29, 0.717) is 23.1 Å². The predicted molar refractivity (Wildman–Crippen MR) is 133 cm³/mol. The molecule has 0 aliphatic carbocycles. The number of nitrogens with one attached hydrogen (secondary N) is 1. The van der Waals surface area contributed by atoms with Crippen LogP contribution in [0.4, 0.5) is 5.82 Å². The summed E-state index contributed by atoms with van der Waals surface area (Å²) in [6.45, 7) is 6.34. The highest BCUT2D eigenvalue weighted by molar-refractivity contribution is 5.92. The first kappa shape index (κ1) is 23.0. The monoisotopic (exact) mass is 456 g/mol. The molecule has 7 heteroatoms. The molecule has 0 saturated carbocycles. The van der Waals surface area contributed by atoms with Crippen LogP contribution in [0.1, 0.15) is 26.3 Å². The summed E-state index contributed by atoms with van der Waals surface area (Å²) in [5, 5.41) is 7.57. The molecule has 0 radical (unpaired) electrons. The van der Waals surface area contributed by atoms with Crippen molar-refractivity contribution in [2.75, 3.05) is 19.0 Å². The van der Waals surface area contributed by atoms with Crippen LogP contribution < -0.4 is 14.8 Å². The Bertz CT molecular complexity index is 1240. The number of methoxy groups -OCH3 is 1. The number of hydrogen-bond donors (Lipinski definition) is 1. The first-order chi connectivity index (χ1) is 16.3. The number of ether oxygens (including phenoxy) is 2. The van der Waals surface area contributed by atoms with Gasteiger partial charge in [-0.05, 0) is 59.5 Å². The van der Waals surface area contributed by atoms with Crippen LogP contribution in [0.3, 0.4) is 0 Å². The molecule has 7 nitrogen and oxygen atoms in total. The smallest absolute Gasteiger partial charge is 0.263 e. The van der Waals surface area contributed by atoms with E-state index in [-0.39, 0.29) is 17.9 Å². The van der Waals surface area contributed by atoms with Gasteiger partial charge in [0.15, 0.2) is 12.4 Å². The van der Waals surface area contributed by atoms with Gasteiger partial charge in [-0.3, -0.25) is 4.79 Å². The molecule has 0 unspecified atom stereocenters. The number of nitrogens with zero attached hydrogens (tertiary/aromatic N) is 3. The average molecular weight is 457 g/mol. The number of amides is 1. The van der Waals surface area contributed by atoms with Crippen LogP contribution in [0.2, 0.25) is 0 Å². The fourth-order valence-corrected chi connectivity index (χ4v) is 3.41. The molecule has 4 aromatic rings. The Morgan fingerprint density at radius 1 is 0.971 bits per heavy atom. The van der Waals surface area contributed by atoms with Crippen molar-refractivity contribution < 1.29 is 14.3 Å². The van der Waals surface area contributed by atoms with Crippen molar-refractivity contribution in [2.45, 2.75) is 26.2 Å². The lowest BCUT2D eigenvalue weighted by atomic mass is 9.87. The van der Waals surface area contributed by atoms with Gasteiger partial charge in [0.25, 0.3) is 5.91 Å². The summed E-state index contributed by atoms with van der Waals surface area (Å²) in [6.07, 6.45) is 1.68. The Labute approximate surface area is 199 Å². The normalized spacial score (nSPS) is 11.2. The molecule has 1 N–H and O–H groups in total. The van der Waals surface area contributed by atoms with E-state index in [4.69, 9.17) is 9.47 Å². The minimum Gasteiger partial charge on any atom is -0.497 e. The van der Waals surface area contributed by atoms with Crippen LogP contribution in [-0.4, -0.2) is 34.4 Å². The fourth-order valence-electron chi connectivity index (χ4n) is 3.41. The maximum Gasteiger partial charge on any atom is 0.263 e. The van der Waals surface area contributed by atoms with Gasteiger partial charge in [0, 0.05) is 17.8 Å². The topological polar surface area (TPSA) is 78.3 Å². The Kier molecular flexibility index (Phi) is 6.63. The van der Waals surface area contributed by atoms with Crippen molar-refractivity contribution in [3.8, 4) is 28.6 Å². The first-order valence-electron chi connectivity index (χ1n) is 11.0. The molecule has 0 aliphatic rings. The second-order valence-corrected chi connectivity index (χ2v) is 8.85. The third-order valence-electron chi connectivity index (χ3n) is 5.32. The maximum atomic E-state index is 12.7. The molecule has 2 aromatic heterocycles. The van der Waals surface area contributed by atoms with Gasteiger partial charge in [-0.2, -0.15) is 9.78 Å². The number of hydrogen-bond acceptors (Lipinski definition) is 5. The second kappa shape index (κ2) is 9.79. The summed E-state index contributed by atoms with van der Waals surface area (Å²) in [5.74, 6) is 2.20. The molecule has 0 saturated heterocycles. The summed E-state index contributed by atoms with van der Waals surface area (Å²) < 4.78 is 12.5. The SMILES string of the molecule is COc1ccc(-c2cc(NC(=O)COc3ccc(C(C)(C)C)cc3)n(-c3ccccn3)n2)cc1. The number of aromatic nitrogens is 3. The predicted octanol–water partition coefficient (Wildman–Crippen LogP) is 5.26. The highest BCUT2D eigenvalue weighted by atomic mass is 16.5. The van der Waals surface area contributed by atoms with E-state index in [1.807, 2.05) is 72.8 Å². The average Bonchev–Trinajstić information content (AvgIpc) is 3.26. The van der Waals surface area contributed by atoms with Crippen LogP contribution >= 0.6 is 0 Å². The highest BCUT2D eigenvalue weighted by Crippen LogP contribution is 2.26. The minimum atomic E-state index is -0.293. The van der Waals surface area contributed by atoms with E-state index < -0.39 is 0 Å². The van der Waals surface area contributed by atoms with Gasteiger partial charge >= 0.3 is 0 Å². The van der Waals surface area contributed by atoms with Gasteiger partial charge in [-0.1, -0.05) is 39.0 Å². The number of carbonyl (C=O) groups is 1. The standard InChI is InChI=1S/C27H28N4O3/c1-27(2,3)20-10-14-22(15-11-20)34-18-26(32)29-25-17-23(19-8-12-21(33-4)13-9-19)30-31(25)24-7-5-6-16-28-24/h5-17H,18H2,1-4H3,(H,29,32). The zero-order valence-electron chi connectivity index (χ0n) is 19.8. The van der Waals surface area contributed by atoms with Crippen LogP contribution in [0.15, 0.2) is 79.0 Å². The Hall–Kier alpha value is -4.13. The summed E-state index contributed by atoms with van der Waals surface area (Å²) in [7, 11) is 1.62. The molecular formula is C27H28N4O3. The minimum absolute atomic E-state index is 0.0569. The molecule has 0 spiro atoms. The van der Waals surface area contributed by atoms with E-state index in [9.17, 15) is 4.79 Å². The van der Waals surface area contributed by atoms with Crippen molar-refractivity contribution >= 4 is 11.7 Å². The number of anilines is 1. The van der Waals surface area contributed by atoms with E-state index in [1.54, 1.807) is 18.0 Å². The lowest BCUT2D eigenvalue weighted by molar-refractivity contribution is -0.118. The largest absolute Gasteiger partial charge is 0.497 e. The molecule has 4 rings (SSSR count). The van der Waals surface area contributed by atoms with Crippen molar-refractivity contribution in [2.24, 2.45) is 0 Å². The van der Waals surface area contributed by atoms with Gasteiger partial charge in [0.1, 0.15) is 17.3 Å². The molecule has 34 heavy (non-hydrogen) atoms. The van der Waals surface area contributed by atoms with Crippen LogP contribution in [-0.2, 0) is 10.2 Å². The third kappa shape index (κ3) is 5.43. The van der Waals surface area contributed by atoms with E-state index in [1.165, 1.54) is 5.56 Å². The summed E-state index contributed by atoms with van der Waals surface area (Å²) in [6, 6.07) is 22.7. The zero-order valence-corrected chi connectivity index (χ0v) is 19.8. The van der Waals surface area contributed by atoms with E-state index in [2.05, 4.69) is 36.2 Å². The van der Waals surface area contributed by atoms with Gasteiger partial charge in [-0.15, -0.1) is 0 Å². The van der Waals surface area contributed by atoms with Gasteiger partial charge in [0.2, 0.25) is 0 Å². The van der Waals surface area contributed by atoms with Crippen LogP contribution in [0, 0.1) is 0 Å². The quantitative estimate of drug-likeness (QED) is 0.411. The molecule has 0 atom stereocenters. The maximum absolute atomic E-state index is 12.7. The highest BCUT2D eigenvalue weighted by Gasteiger charge is 2.16. The number of rotatable bonds is 7. The van der Waals surface area contributed by atoms with Gasteiger partial charge in [-0.25, -0.2) is 4.98 Å². The summed E-state index contributed by atoms with van der Waals surface area (Å²) in [5.41, 5.74) is 2.85. The molecule has 2 heterocycles. The molecule has 1 amide bonds. The summed E-state index contributed by atoms with van der Waals surface area (Å²) in [4.78, 5) is 17.1. The number of pyridine rings is 1. The van der Waals surface area contributed by atoms with Crippen molar-refractivity contribution in [1.82, 2.24) is 14.8 Å².